The molecule has 2 aromatic rings. The highest BCUT2D eigenvalue weighted by Crippen LogP contribution is 2.22. The van der Waals surface area contributed by atoms with E-state index in [1.165, 1.54) is 6.07 Å². The van der Waals surface area contributed by atoms with Gasteiger partial charge in [0, 0.05) is 5.69 Å². The third-order valence-corrected chi connectivity index (χ3v) is 4.72. The lowest BCUT2D eigenvalue weighted by molar-refractivity contribution is 0.281. The van der Waals surface area contributed by atoms with Gasteiger partial charge in [-0.05, 0) is 48.2 Å². The van der Waals surface area contributed by atoms with E-state index >= 15 is 0 Å². The second-order valence-corrected chi connectivity index (χ2v) is 6.58. The molecule has 0 radical (unpaired) electrons. The molecule has 0 unspecified atom stereocenters. The maximum atomic E-state index is 12.6. The Labute approximate surface area is 125 Å². The highest BCUT2D eigenvalue weighted by atomic mass is 32.2. The van der Waals surface area contributed by atoms with E-state index in [9.17, 15) is 13.5 Å². The lowest BCUT2D eigenvalue weighted by Crippen LogP contribution is -2.15. The van der Waals surface area contributed by atoms with E-state index in [-0.39, 0.29) is 11.5 Å². The van der Waals surface area contributed by atoms with E-state index in [0.29, 0.717) is 17.7 Å². The van der Waals surface area contributed by atoms with E-state index in [1.807, 2.05) is 19.9 Å². The number of rotatable bonds is 5. The average molecular weight is 305 g/mol. The molecular formula is C16H19NO3S. The number of aliphatic hydroxyl groups excluding tert-OH is 1. The Morgan fingerprint density at radius 1 is 1.14 bits per heavy atom. The molecule has 0 fully saturated rings. The number of aliphatic hydroxyl groups is 1. The third kappa shape index (κ3) is 3.62. The molecule has 2 rings (SSSR count). The normalized spacial score (nSPS) is 11.4. The summed E-state index contributed by atoms with van der Waals surface area (Å²) in [5, 5.41) is 9.20. The van der Waals surface area contributed by atoms with Crippen LogP contribution in [0.3, 0.4) is 0 Å². The smallest absolute Gasteiger partial charge is 0.262 e. The van der Waals surface area contributed by atoms with Gasteiger partial charge >= 0.3 is 0 Å². The molecule has 112 valence electrons. The highest BCUT2D eigenvalue weighted by Gasteiger charge is 2.18. The number of aryl methyl sites for hydroxylation is 2. The lowest BCUT2D eigenvalue weighted by Gasteiger charge is -2.13. The summed E-state index contributed by atoms with van der Waals surface area (Å²) in [5.74, 6) is 0. The Hall–Kier alpha value is -1.85. The molecule has 0 aliphatic rings. The van der Waals surface area contributed by atoms with Crippen LogP contribution in [0, 0.1) is 6.92 Å². The Kier molecular flexibility index (Phi) is 4.65. The molecule has 4 nitrogen and oxygen atoms in total. The van der Waals surface area contributed by atoms with E-state index in [0.717, 1.165) is 11.1 Å². The minimum atomic E-state index is -3.67. The van der Waals surface area contributed by atoms with Crippen LogP contribution in [0.1, 0.15) is 23.6 Å². The van der Waals surface area contributed by atoms with Gasteiger partial charge < -0.3 is 5.11 Å². The van der Waals surface area contributed by atoms with Crippen molar-refractivity contribution in [3.05, 3.63) is 59.2 Å². The van der Waals surface area contributed by atoms with Crippen molar-refractivity contribution in [1.29, 1.82) is 0 Å². The van der Waals surface area contributed by atoms with Gasteiger partial charge in [-0.15, -0.1) is 0 Å². The molecule has 0 bridgehead atoms. The third-order valence-electron chi connectivity index (χ3n) is 3.25. The van der Waals surface area contributed by atoms with Crippen LogP contribution in [0.2, 0.25) is 0 Å². The minimum Gasteiger partial charge on any atom is -0.392 e. The van der Waals surface area contributed by atoms with E-state index in [2.05, 4.69) is 4.72 Å². The number of benzene rings is 2. The van der Waals surface area contributed by atoms with E-state index in [4.69, 9.17) is 0 Å². The van der Waals surface area contributed by atoms with Crippen molar-refractivity contribution in [2.24, 2.45) is 0 Å². The van der Waals surface area contributed by atoms with Crippen LogP contribution in [0.5, 0.6) is 0 Å². The molecule has 0 heterocycles. The predicted molar refractivity (Wildman–Crippen MR) is 83.7 cm³/mol. The van der Waals surface area contributed by atoms with Gasteiger partial charge in [-0.1, -0.05) is 31.2 Å². The first-order valence-corrected chi connectivity index (χ1v) is 8.26. The number of nitrogens with one attached hydrogen (secondary N) is 1. The first-order chi connectivity index (χ1) is 9.96. The fourth-order valence-corrected chi connectivity index (χ4v) is 3.57. The van der Waals surface area contributed by atoms with Crippen molar-refractivity contribution in [1.82, 2.24) is 0 Å². The van der Waals surface area contributed by atoms with Crippen LogP contribution >= 0.6 is 0 Å². The van der Waals surface area contributed by atoms with Crippen LogP contribution < -0.4 is 4.72 Å². The molecular weight excluding hydrogens is 286 g/mol. The number of sulfonamides is 1. The van der Waals surface area contributed by atoms with Crippen LogP contribution in [-0.2, 0) is 23.1 Å². The molecule has 21 heavy (non-hydrogen) atoms. The fourth-order valence-electron chi connectivity index (χ4n) is 2.16. The number of anilines is 1. The summed E-state index contributed by atoms with van der Waals surface area (Å²) in [6, 6.07) is 12.2. The summed E-state index contributed by atoms with van der Waals surface area (Å²) in [7, 11) is -3.67. The summed E-state index contributed by atoms with van der Waals surface area (Å²) in [6.07, 6.45) is 0.607. The van der Waals surface area contributed by atoms with Crippen LogP contribution in [-0.4, -0.2) is 13.5 Å². The predicted octanol–water partition coefficient (Wildman–Crippen LogP) is 2.85. The Morgan fingerprint density at radius 3 is 2.52 bits per heavy atom. The van der Waals surface area contributed by atoms with Crippen LogP contribution in [0.4, 0.5) is 5.69 Å². The maximum Gasteiger partial charge on any atom is 0.262 e. The summed E-state index contributed by atoms with van der Waals surface area (Å²) >= 11 is 0. The first kappa shape index (κ1) is 15.5. The molecule has 0 atom stereocenters. The monoisotopic (exact) mass is 305 g/mol. The largest absolute Gasteiger partial charge is 0.392 e. The second-order valence-electron chi connectivity index (χ2n) is 4.93. The molecule has 5 heteroatoms. The Balaban J connectivity index is 2.43. The van der Waals surface area contributed by atoms with Crippen LogP contribution in [0.15, 0.2) is 47.4 Å². The summed E-state index contributed by atoms with van der Waals surface area (Å²) in [4.78, 5) is 0.220. The Bertz CT molecular complexity index is 739. The van der Waals surface area contributed by atoms with Gasteiger partial charge in [0.1, 0.15) is 0 Å². The molecule has 0 saturated heterocycles. The molecule has 0 amide bonds. The van der Waals surface area contributed by atoms with Crippen molar-refractivity contribution in [3.8, 4) is 0 Å². The van der Waals surface area contributed by atoms with Gasteiger partial charge in [0.05, 0.1) is 11.5 Å². The number of hydrogen-bond acceptors (Lipinski definition) is 3. The minimum absolute atomic E-state index is 0.184. The van der Waals surface area contributed by atoms with Gasteiger partial charge in [0.15, 0.2) is 0 Å². The molecule has 0 aliphatic heterocycles. The summed E-state index contributed by atoms with van der Waals surface area (Å²) < 4.78 is 27.7. The second kappa shape index (κ2) is 6.28. The van der Waals surface area contributed by atoms with Crippen molar-refractivity contribution >= 4 is 15.7 Å². The van der Waals surface area contributed by atoms with Crippen LogP contribution in [0.25, 0.3) is 0 Å². The van der Waals surface area contributed by atoms with Gasteiger partial charge in [0.2, 0.25) is 0 Å². The standard InChI is InChI=1S/C16H19NO3S/c1-3-14-8-7-13(11-18)10-16(14)21(19,20)17-15-6-4-5-12(2)9-15/h4-10,17-18H,3,11H2,1-2H3. The topological polar surface area (TPSA) is 66.4 Å². The summed E-state index contributed by atoms with van der Waals surface area (Å²) in [5.41, 5.74) is 2.82. The zero-order valence-electron chi connectivity index (χ0n) is 12.1. The van der Waals surface area contributed by atoms with E-state index < -0.39 is 10.0 Å². The average Bonchev–Trinajstić information content (AvgIpc) is 2.46. The maximum absolute atomic E-state index is 12.6. The highest BCUT2D eigenvalue weighted by molar-refractivity contribution is 7.92. The molecule has 0 aromatic heterocycles. The zero-order chi connectivity index (χ0) is 15.5. The quantitative estimate of drug-likeness (QED) is 0.892. The first-order valence-electron chi connectivity index (χ1n) is 6.78. The lowest BCUT2D eigenvalue weighted by atomic mass is 10.1. The SMILES string of the molecule is CCc1ccc(CO)cc1S(=O)(=O)Nc1cccc(C)c1. The molecule has 2 N–H and O–H groups in total. The van der Waals surface area contributed by atoms with Gasteiger partial charge in [-0.3, -0.25) is 4.72 Å². The molecule has 0 saturated carbocycles. The van der Waals surface area contributed by atoms with Gasteiger partial charge in [0.25, 0.3) is 10.0 Å². The number of hydrogen-bond donors (Lipinski definition) is 2. The molecule has 0 aliphatic carbocycles. The van der Waals surface area contributed by atoms with Crippen molar-refractivity contribution in [2.45, 2.75) is 31.8 Å². The van der Waals surface area contributed by atoms with E-state index in [1.54, 1.807) is 30.3 Å². The van der Waals surface area contributed by atoms with Crippen molar-refractivity contribution in [3.63, 3.8) is 0 Å². The Morgan fingerprint density at radius 2 is 1.90 bits per heavy atom. The fraction of sp³-hybridized carbons (Fsp3) is 0.250. The van der Waals surface area contributed by atoms with Crippen molar-refractivity contribution < 1.29 is 13.5 Å². The summed E-state index contributed by atoms with van der Waals surface area (Å²) in [6.45, 7) is 3.62. The van der Waals surface area contributed by atoms with Crippen molar-refractivity contribution in [2.75, 3.05) is 4.72 Å². The van der Waals surface area contributed by atoms with Gasteiger partial charge in [-0.2, -0.15) is 0 Å². The molecule has 0 spiro atoms. The van der Waals surface area contributed by atoms with Gasteiger partial charge in [-0.25, -0.2) is 8.42 Å². The molecule has 2 aromatic carbocycles. The zero-order valence-corrected chi connectivity index (χ0v) is 12.9.